The lowest BCUT2D eigenvalue weighted by Crippen LogP contribution is -2.09. The Morgan fingerprint density at radius 3 is 2.76 bits per heavy atom. The van der Waals surface area contributed by atoms with Crippen molar-refractivity contribution in [1.82, 2.24) is 4.98 Å². The molecule has 0 aromatic carbocycles. The Hall–Kier alpha value is -1.85. The number of ether oxygens (including phenoxy) is 1. The lowest BCUT2D eigenvalue weighted by atomic mass is 10.2. The molecule has 0 bridgehead atoms. The van der Waals surface area contributed by atoms with E-state index in [1.807, 2.05) is 20.8 Å². The van der Waals surface area contributed by atoms with Crippen molar-refractivity contribution in [2.75, 3.05) is 18.5 Å². The van der Waals surface area contributed by atoms with Crippen molar-refractivity contribution in [2.45, 2.75) is 20.8 Å². The molecular weight excluding hydrogens is 222 g/mol. The highest BCUT2D eigenvalue weighted by Gasteiger charge is 2.17. The summed E-state index contributed by atoms with van der Waals surface area (Å²) >= 11 is 0. The van der Waals surface area contributed by atoms with Gasteiger partial charge in [0.15, 0.2) is 0 Å². The van der Waals surface area contributed by atoms with Crippen molar-refractivity contribution in [1.29, 1.82) is 0 Å². The maximum Gasteiger partial charge on any atom is 0.331 e. The maximum atomic E-state index is 10.8. The number of nitro groups is 1. The van der Waals surface area contributed by atoms with Gasteiger partial charge in [-0.05, 0) is 18.9 Å². The van der Waals surface area contributed by atoms with Gasteiger partial charge in [-0.3, -0.25) is 10.1 Å². The average molecular weight is 239 g/mol. The first kappa shape index (κ1) is 13.2. The summed E-state index contributed by atoms with van der Waals surface area (Å²) in [6, 6.07) is 2.98. The zero-order valence-corrected chi connectivity index (χ0v) is 10.3. The van der Waals surface area contributed by atoms with E-state index in [1.165, 1.54) is 6.07 Å². The molecular formula is C11H17N3O3. The van der Waals surface area contributed by atoms with Crippen LogP contribution in [-0.4, -0.2) is 23.1 Å². The van der Waals surface area contributed by atoms with Crippen LogP contribution in [0.3, 0.4) is 0 Å². The van der Waals surface area contributed by atoms with Gasteiger partial charge < -0.3 is 10.1 Å². The van der Waals surface area contributed by atoms with Crippen LogP contribution in [0.2, 0.25) is 0 Å². The Morgan fingerprint density at radius 1 is 1.53 bits per heavy atom. The van der Waals surface area contributed by atoms with Crippen LogP contribution in [-0.2, 0) is 0 Å². The molecule has 1 heterocycles. The SMILES string of the molecule is CCNc1ccc([N+](=O)[O-])c(OCC(C)C)n1. The number of hydrogen-bond donors (Lipinski definition) is 1. The van der Waals surface area contributed by atoms with E-state index in [2.05, 4.69) is 10.3 Å². The van der Waals surface area contributed by atoms with Gasteiger partial charge in [0.2, 0.25) is 0 Å². The second-order valence-corrected chi connectivity index (χ2v) is 4.01. The highest BCUT2D eigenvalue weighted by Crippen LogP contribution is 2.26. The summed E-state index contributed by atoms with van der Waals surface area (Å²) in [7, 11) is 0. The summed E-state index contributed by atoms with van der Waals surface area (Å²) in [5, 5.41) is 13.8. The molecule has 0 aliphatic heterocycles. The molecule has 0 fully saturated rings. The van der Waals surface area contributed by atoms with Crippen LogP contribution in [0.15, 0.2) is 12.1 Å². The zero-order valence-electron chi connectivity index (χ0n) is 10.3. The Kier molecular flexibility index (Phi) is 4.68. The molecule has 0 amide bonds. The molecule has 6 nitrogen and oxygen atoms in total. The van der Waals surface area contributed by atoms with Gasteiger partial charge in [-0.25, -0.2) is 0 Å². The van der Waals surface area contributed by atoms with Gasteiger partial charge in [0.1, 0.15) is 5.82 Å². The molecule has 1 N–H and O–H groups in total. The van der Waals surface area contributed by atoms with Gasteiger partial charge >= 0.3 is 5.69 Å². The topological polar surface area (TPSA) is 77.3 Å². The summed E-state index contributed by atoms with van der Waals surface area (Å²) in [4.78, 5) is 14.4. The van der Waals surface area contributed by atoms with Crippen LogP contribution in [0.4, 0.5) is 11.5 Å². The maximum absolute atomic E-state index is 10.8. The van der Waals surface area contributed by atoms with Crippen LogP contribution < -0.4 is 10.1 Å². The molecule has 0 saturated heterocycles. The number of aromatic nitrogens is 1. The highest BCUT2D eigenvalue weighted by atomic mass is 16.6. The first-order valence-corrected chi connectivity index (χ1v) is 5.56. The monoisotopic (exact) mass is 239 g/mol. The number of nitrogens with zero attached hydrogens (tertiary/aromatic N) is 2. The third kappa shape index (κ3) is 3.90. The molecule has 0 saturated carbocycles. The van der Waals surface area contributed by atoms with Gasteiger partial charge in [0, 0.05) is 12.6 Å². The molecule has 0 spiro atoms. The Labute approximate surface area is 100 Å². The largest absolute Gasteiger partial charge is 0.472 e. The fraction of sp³-hybridized carbons (Fsp3) is 0.545. The Bertz CT molecular complexity index is 394. The van der Waals surface area contributed by atoms with Crippen LogP contribution >= 0.6 is 0 Å². The fourth-order valence-corrected chi connectivity index (χ4v) is 1.20. The van der Waals surface area contributed by atoms with Gasteiger partial charge in [-0.2, -0.15) is 4.98 Å². The van der Waals surface area contributed by atoms with Crippen molar-refractivity contribution in [3.63, 3.8) is 0 Å². The quantitative estimate of drug-likeness (QED) is 0.609. The predicted molar refractivity (Wildman–Crippen MR) is 65.4 cm³/mol. The molecule has 0 unspecified atom stereocenters. The summed E-state index contributed by atoms with van der Waals surface area (Å²) in [5.41, 5.74) is -0.104. The Morgan fingerprint density at radius 2 is 2.24 bits per heavy atom. The van der Waals surface area contributed by atoms with Crippen LogP contribution in [0, 0.1) is 16.0 Å². The van der Waals surface area contributed by atoms with E-state index in [1.54, 1.807) is 6.07 Å². The minimum Gasteiger partial charge on any atom is -0.472 e. The minimum atomic E-state index is -0.488. The highest BCUT2D eigenvalue weighted by molar-refractivity contribution is 5.49. The number of anilines is 1. The number of nitrogens with one attached hydrogen (secondary N) is 1. The van der Waals surface area contributed by atoms with E-state index < -0.39 is 4.92 Å². The molecule has 0 radical (unpaired) electrons. The zero-order chi connectivity index (χ0) is 12.8. The smallest absolute Gasteiger partial charge is 0.331 e. The van der Waals surface area contributed by atoms with Crippen molar-refractivity contribution in [2.24, 2.45) is 5.92 Å². The molecule has 0 aliphatic carbocycles. The summed E-state index contributed by atoms with van der Waals surface area (Å²) in [6.07, 6.45) is 0. The van der Waals surface area contributed by atoms with E-state index in [4.69, 9.17) is 4.74 Å². The van der Waals surface area contributed by atoms with Crippen LogP contribution in [0.5, 0.6) is 5.88 Å². The predicted octanol–water partition coefficient (Wildman–Crippen LogP) is 2.46. The molecule has 0 aliphatic rings. The van der Waals surface area contributed by atoms with Crippen LogP contribution in [0.25, 0.3) is 0 Å². The van der Waals surface area contributed by atoms with E-state index in [9.17, 15) is 10.1 Å². The first-order valence-electron chi connectivity index (χ1n) is 5.56. The van der Waals surface area contributed by atoms with Crippen LogP contribution in [0.1, 0.15) is 20.8 Å². The third-order valence-corrected chi connectivity index (χ3v) is 1.95. The number of pyridine rings is 1. The fourth-order valence-electron chi connectivity index (χ4n) is 1.20. The van der Waals surface area contributed by atoms with E-state index in [0.29, 0.717) is 24.9 Å². The Balaban J connectivity index is 2.94. The summed E-state index contributed by atoms with van der Waals surface area (Å²) < 4.78 is 5.35. The molecule has 6 heteroatoms. The molecule has 1 aromatic rings. The van der Waals surface area contributed by atoms with Gasteiger partial charge in [0.25, 0.3) is 5.88 Å². The molecule has 94 valence electrons. The van der Waals surface area contributed by atoms with Gasteiger partial charge in [0.05, 0.1) is 11.5 Å². The second-order valence-electron chi connectivity index (χ2n) is 4.01. The normalized spacial score (nSPS) is 10.4. The van der Waals surface area contributed by atoms with Crippen molar-refractivity contribution in [3.8, 4) is 5.88 Å². The van der Waals surface area contributed by atoms with E-state index in [-0.39, 0.29) is 11.6 Å². The molecule has 17 heavy (non-hydrogen) atoms. The summed E-state index contributed by atoms with van der Waals surface area (Å²) in [5.74, 6) is 0.943. The minimum absolute atomic E-state index is 0.0714. The standard InChI is InChI=1S/C11H17N3O3/c1-4-12-10-6-5-9(14(15)16)11(13-10)17-7-8(2)3/h5-6,8H,4,7H2,1-3H3,(H,12,13). The van der Waals surface area contributed by atoms with E-state index >= 15 is 0 Å². The second kappa shape index (κ2) is 6.03. The van der Waals surface area contributed by atoms with Gasteiger partial charge in [-0.1, -0.05) is 13.8 Å². The van der Waals surface area contributed by atoms with Crippen molar-refractivity contribution >= 4 is 11.5 Å². The lowest BCUT2D eigenvalue weighted by molar-refractivity contribution is -0.386. The average Bonchev–Trinajstić information content (AvgIpc) is 2.26. The third-order valence-electron chi connectivity index (χ3n) is 1.95. The van der Waals surface area contributed by atoms with Gasteiger partial charge in [-0.15, -0.1) is 0 Å². The molecule has 1 aromatic heterocycles. The van der Waals surface area contributed by atoms with E-state index in [0.717, 1.165) is 0 Å². The molecule has 1 rings (SSSR count). The lowest BCUT2D eigenvalue weighted by Gasteiger charge is -2.09. The first-order chi connectivity index (χ1) is 8.04. The van der Waals surface area contributed by atoms with Crippen molar-refractivity contribution in [3.05, 3.63) is 22.2 Å². The molecule has 0 atom stereocenters. The number of rotatable bonds is 6. The number of hydrogen-bond acceptors (Lipinski definition) is 5. The van der Waals surface area contributed by atoms with Crippen molar-refractivity contribution < 1.29 is 9.66 Å². The summed E-state index contributed by atoms with van der Waals surface area (Å²) in [6.45, 7) is 6.98.